The number of nitrogens with two attached hydrogens (primary N) is 1. The Morgan fingerprint density at radius 1 is 1.24 bits per heavy atom. The van der Waals surface area contributed by atoms with Crippen molar-refractivity contribution in [1.82, 2.24) is 9.97 Å². The van der Waals surface area contributed by atoms with E-state index in [1.54, 1.807) is 23.1 Å². The molecule has 1 aromatic heterocycles. The van der Waals surface area contributed by atoms with Gasteiger partial charge in [-0.15, -0.1) is 0 Å². The number of nitrogen functional groups attached to an aromatic ring is 1. The van der Waals surface area contributed by atoms with Crippen molar-refractivity contribution in [3.63, 3.8) is 0 Å². The number of benzene rings is 1. The van der Waals surface area contributed by atoms with E-state index in [2.05, 4.69) is 9.97 Å². The number of ether oxygens (including phenoxy) is 1. The van der Waals surface area contributed by atoms with Crippen molar-refractivity contribution in [2.24, 2.45) is 0 Å². The third kappa shape index (κ3) is 3.21. The van der Waals surface area contributed by atoms with Crippen LogP contribution in [0.5, 0.6) is 5.88 Å². The molecular weight excluding hydrogens is 271 g/mol. The van der Waals surface area contributed by atoms with Gasteiger partial charge in [0.1, 0.15) is 17.8 Å². The highest BCUT2D eigenvalue weighted by Gasteiger charge is 2.18. The monoisotopic (exact) mass is 290 g/mol. The number of anilines is 3. The Balaban J connectivity index is 2.41. The van der Waals surface area contributed by atoms with Crippen LogP contribution in [0.2, 0.25) is 0 Å². The third-order valence-corrected chi connectivity index (χ3v) is 2.98. The van der Waals surface area contributed by atoms with Gasteiger partial charge < -0.3 is 15.4 Å². The molecule has 0 aliphatic rings. The van der Waals surface area contributed by atoms with Crippen molar-refractivity contribution in [2.45, 2.75) is 20.3 Å². The van der Waals surface area contributed by atoms with Gasteiger partial charge in [0, 0.05) is 6.54 Å². The first kappa shape index (κ1) is 15.0. The highest BCUT2D eigenvalue weighted by molar-refractivity contribution is 5.74. The Morgan fingerprint density at radius 3 is 2.67 bits per heavy atom. The molecule has 6 heteroatoms. The highest BCUT2D eigenvalue weighted by atomic mass is 19.1. The molecule has 0 atom stereocenters. The lowest BCUT2D eigenvalue weighted by molar-refractivity contribution is 0.306. The molecule has 0 radical (unpaired) electrons. The molecule has 0 fully saturated rings. The zero-order chi connectivity index (χ0) is 15.2. The van der Waals surface area contributed by atoms with Gasteiger partial charge in [0.2, 0.25) is 5.88 Å². The standard InChI is InChI=1S/C15H19FN4O/c1-3-9-21-15-13(17)14(18-10-19-15)20(4-2)12-8-6-5-7-11(12)16/h5-8,10H,3-4,9,17H2,1-2H3. The number of halogens is 1. The van der Waals surface area contributed by atoms with Crippen LogP contribution in [-0.4, -0.2) is 23.1 Å². The molecule has 0 spiro atoms. The smallest absolute Gasteiger partial charge is 0.242 e. The molecule has 1 aromatic carbocycles. The molecule has 0 aliphatic heterocycles. The summed E-state index contributed by atoms with van der Waals surface area (Å²) in [5, 5.41) is 0. The van der Waals surface area contributed by atoms with Gasteiger partial charge in [-0.1, -0.05) is 19.1 Å². The minimum atomic E-state index is -0.326. The Bertz CT molecular complexity index is 606. The molecule has 0 unspecified atom stereocenters. The molecule has 112 valence electrons. The van der Waals surface area contributed by atoms with Crippen LogP contribution in [0.25, 0.3) is 0 Å². The van der Waals surface area contributed by atoms with Crippen LogP contribution in [0.3, 0.4) is 0 Å². The van der Waals surface area contributed by atoms with Gasteiger partial charge in [-0.05, 0) is 25.5 Å². The van der Waals surface area contributed by atoms with Crippen LogP contribution in [0, 0.1) is 5.82 Å². The predicted octanol–water partition coefficient (Wildman–Crippen LogP) is 3.14. The average molecular weight is 290 g/mol. The number of aromatic nitrogens is 2. The largest absolute Gasteiger partial charge is 0.476 e. The zero-order valence-corrected chi connectivity index (χ0v) is 12.2. The van der Waals surface area contributed by atoms with Crippen molar-refractivity contribution in [2.75, 3.05) is 23.8 Å². The van der Waals surface area contributed by atoms with Gasteiger partial charge in [-0.2, -0.15) is 4.98 Å². The molecular formula is C15H19FN4O. The fourth-order valence-corrected chi connectivity index (χ4v) is 2.00. The second kappa shape index (κ2) is 6.88. The molecule has 0 saturated heterocycles. The van der Waals surface area contributed by atoms with Gasteiger partial charge in [0.15, 0.2) is 5.82 Å². The quantitative estimate of drug-likeness (QED) is 0.885. The molecule has 2 aromatic rings. The maximum Gasteiger partial charge on any atom is 0.242 e. The fourth-order valence-electron chi connectivity index (χ4n) is 2.00. The maximum absolute atomic E-state index is 14.0. The first-order valence-electron chi connectivity index (χ1n) is 6.94. The first-order chi connectivity index (χ1) is 10.2. The Labute approximate surface area is 123 Å². The molecule has 0 amide bonds. The van der Waals surface area contributed by atoms with E-state index in [9.17, 15) is 4.39 Å². The van der Waals surface area contributed by atoms with E-state index in [1.165, 1.54) is 12.4 Å². The normalized spacial score (nSPS) is 10.4. The van der Waals surface area contributed by atoms with Gasteiger partial charge in [0.05, 0.1) is 12.3 Å². The van der Waals surface area contributed by atoms with Crippen molar-refractivity contribution in [1.29, 1.82) is 0 Å². The molecule has 21 heavy (non-hydrogen) atoms. The lowest BCUT2D eigenvalue weighted by atomic mass is 10.2. The highest BCUT2D eigenvalue weighted by Crippen LogP contribution is 2.33. The number of rotatable bonds is 6. The molecule has 0 aliphatic carbocycles. The first-order valence-corrected chi connectivity index (χ1v) is 6.94. The van der Waals surface area contributed by atoms with E-state index in [-0.39, 0.29) is 5.82 Å². The molecule has 1 heterocycles. The lowest BCUT2D eigenvalue weighted by Gasteiger charge is -2.24. The minimum Gasteiger partial charge on any atom is -0.476 e. The second-order valence-corrected chi connectivity index (χ2v) is 4.46. The fraction of sp³-hybridized carbons (Fsp3) is 0.333. The zero-order valence-electron chi connectivity index (χ0n) is 12.2. The van der Waals surface area contributed by atoms with Gasteiger partial charge in [-0.3, -0.25) is 0 Å². The molecule has 5 nitrogen and oxygen atoms in total. The number of nitrogens with zero attached hydrogens (tertiary/aromatic N) is 3. The van der Waals surface area contributed by atoms with Crippen LogP contribution in [0.15, 0.2) is 30.6 Å². The Hall–Kier alpha value is -2.37. The van der Waals surface area contributed by atoms with Crippen molar-refractivity contribution >= 4 is 17.2 Å². The van der Waals surface area contributed by atoms with E-state index >= 15 is 0 Å². The molecule has 2 rings (SSSR count). The van der Waals surface area contributed by atoms with Crippen LogP contribution in [0.4, 0.5) is 21.6 Å². The van der Waals surface area contributed by atoms with Crippen molar-refractivity contribution in [3.05, 3.63) is 36.4 Å². The molecule has 0 saturated carbocycles. The second-order valence-electron chi connectivity index (χ2n) is 4.46. The number of hydrogen-bond donors (Lipinski definition) is 1. The van der Waals surface area contributed by atoms with Crippen LogP contribution < -0.4 is 15.4 Å². The van der Waals surface area contributed by atoms with Crippen LogP contribution >= 0.6 is 0 Å². The summed E-state index contributed by atoms with van der Waals surface area (Å²) in [5.74, 6) is 0.453. The summed E-state index contributed by atoms with van der Waals surface area (Å²) < 4.78 is 19.5. The summed E-state index contributed by atoms with van der Waals surface area (Å²) in [7, 11) is 0. The predicted molar refractivity (Wildman–Crippen MR) is 81.3 cm³/mol. The number of hydrogen-bond acceptors (Lipinski definition) is 5. The Morgan fingerprint density at radius 2 is 2.00 bits per heavy atom. The van der Waals surface area contributed by atoms with E-state index in [1.807, 2.05) is 13.8 Å². The summed E-state index contributed by atoms with van der Waals surface area (Å²) in [5.41, 5.74) is 6.81. The SMILES string of the molecule is CCCOc1ncnc(N(CC)c2ccccc2F)c1N. The van der Waals surface area contributed by atoms with Crippen LogP contribution in [-0.2, 0) is 0 Å². The molecule has 0 bridgehead atoms. The summed E-state index contributed by atoms with van der Waals surface area (Å²) >= 11 is 0. The summed E-state index contributed by atoms with van der Waals surface area (Å²) in [6, 6.07) is 6.51. The van der Waals surface area contributed by atoms with E-state index in [4.69, 9.17) is 10.5 Å². The molecule has 2 N–H and O–H groups in total. The van der Waals surface area contributed by atoms with Crippen molar-refractivity contribution < 1.29 is 9.13 Å². The maximum atomic E-state index is 14.0. The lowest BCUT2D eigenvalue weighted by Crippen LogP contribution is -2.20. The summed E-state index contributed by atoms with van der Waals surface area (Å²) in [6.45, 7) is 4.94. The number of para-hydroxylation sites is 1. The minimum absolute atomic E-state index is 0.316. The Kier molecular flexibility index (Phi) is 4.92. The van der Waals surface area contributed by atoms with Gasteiger partial charge in [-0.25, -0.2) is 9.37 Å². The van der Waals surface area contributed by atoms with Crippen LogP contribution in [0.1, 0.15) is 20.3 Å². The van der Waals surface area contributed by atoms with E-state index in [0.29, 0.717) is 36.2 Å². The van der Waals surface area contributed by atoms with Gasteiger partial charge >= 0.3 is 0 Å². The summed E-state index contributed by atoms with van der Waals surface area (Å²) in [4.78, 5) is 9.91. The average Bonchev–Trinajstić information content (AvgIpc) is 2.50. The van der Waals surface area contributed by atoms with E-state index < -0.39 is 0 Å². The van der Waals surface area contributed by atoms with E-state index in [0.717, 1.165) is 6.42 Å². The third-order valence-electron chi connectivity index (χ3n) is 2.98. The summed E-state index contributed by atoms with van der Waals surface area (Å²) in [6.07, 6.45) is 2.23. The van der Waals surface area contributed by atoms with Gasteiger partial charge in [0.25, 0.3) is 0 Å². The van der Waals surface area contributed by atoms with Crippen molar-refractivity contribution in [3.8, 4) is 5.88 Å². The topological polar surface area (TPSA) is 64.3 Å².